The molecule has 0 bridgehead atoms. The quantitative estimate of drug-likeness (QED) is 0.544. The zero-order chi connectivity index (χ0) is 20.3. The second-order valence-corrected chi connectivity index (χ2v) is 6.34. The summed E-state index contributed by atoms with van der Waals surface area (Å²) in [6.07, 6.45) is -0.668. The van der Waals surface area contributed by atoms with Crippen LogP contribution in [0, 0.1) is 0 Å². The topological polar surface area (TPSA) is 72.5 Å². The number of alkyl halides is 1. The average molecular weight is 423 g/mol. The van der Waals surface area contributed by atoms with Gasteiger partial charge in [0.2, 0.25) is 0 Å². The van der Waals surface area contributed by atoms with Gasteiger partial charge in [0, 0.05) is 0 Å². The van der Waals surface area contributed by atoms with Crippen LogP contribution in [-0.2, 0) is 14.3 Å². The Morgan fingerprint density at radius 3 is 1.69 bits per heavy atom. The lowest BCUT2D eigenvalue weighted by Gasteiger charge is -2.21. The number of rotatable bonds is 2. The zero-order valence-corrected chi connectivity index (χ0v) is 16.6. The summed E-state index contributed by atoms with van der Waals surface area (Å²) in [5, 5.41) is 0. The summed E-state index contributed by atoms with van der Waals surface area (Å²) in [6.45, 7) is 1.69. The molecule has 2 aromatic rings. The molecule has 0 spiro atoms. The fourth-order valence-electron chi connectivity index (χ4n) is 2.60. The fourth-order valence-corrected chi connectivity index (χ4v) is 2.66. The van der Waals surface area contributed by atoms with E-state index in [1.807, 2.05) is 24.3 Å². The average Bonchev–Trinajstić information content (AvgIpc) is 2.75. The first-order valence-corrected chi connectivity index (χ1v) is 9.82. The third-order valence-electron chi connectivity index (χ3n) is 3.93. The van der Waals surface area contributed by atoms with Gasteiger partial charge in [0.15, 0.2) is 29.1 Å². The Morgan fingerprint density at radius 1 is 0.793 bits per heavy atom. The summed E-state index contributed by atoms with van der Waals surface area (Å²) in [4.78, 5) is 11.7. The number of para-hydroxylation sites is 4. The first-order valence-electron chi connectivity index (χ1n) is 9.28. The lowest BCUT2D eigenvalue weighted by molar-refractivity contribution is -0.149. The number of hydrogen-bond acceptors (Lipinski definition) is 7. The molecule has 1 heterocycles. The molecule has 0 saturated heterocycles. The SMILES string of the molecule is O=C(CCl)OC1COc2ccccc2OCCOCCOc2ccccc2OC1. The van der Waals surface area contributed by atoms with Crippen LogP contribution in [0.25, 0.3) is 0 Å². The molecule has 0 saturated carbocycles. The molecule has 7 nitrogen and oxygen atoms in total. The maximum Gasteiger partial charge on any atom is 0.321 e. The zero-order valence-electron chi connectivity index (χ0n) is 15.9. The molecular weight excluding hydrogens is 400 g/mol. The second kappa shape index (κ2) is 11.4. The Labute approximate surface area is 174 Å². The van der Waals surface area contributed by atoms with Crippen LogP contribution < -0.4 is 18.9 Å². The maximum absolute atomic E-state index is 11.7. The number of carbonyl (C=O) groups excluding carboxylic acids is 1. The van der Waals surface area contributed by atoms with E-state index in [9.17, 15) is 4.79 Å². The van der Waals surface area contributed by atoms with Crippen molar-refractivity contribution in [2.24, 2.45) is 0 Å². The van der Waals surface area contributed by atoms with Crippen molar-refractivity contribution < 1.29 is 33.2 Å². The monoisotopic (exact) mass is 422 g/mol. The molecule has 1 aliphatic rings. The first kappa shape index (κ1) is 21.1. The van der Waals surface area contributed by atoms with Gasteiger partial charge < -0.3 is 28.4 Å². The van der Waals surface area contributed by atoms with E-state index >= 15 is 0 Å². The van der Waals surface area contributed by atoms with Gasteiger partial charge in [-0.2, -0.15) is 0 Å². The smallest absolute Gasteiger partial charge is 0.321 e. The van der Waals surface area contributed by atoms with E-state index < -0.39 is 12.1 Å². The van der Waals surface area contributed by atoms with Gasteiger partial charge in [-0.05, 0) is 24.3 Å². The van der Waals surface area contributed by atoms with E-state index in [-0.39, 0.29) is 19.1 Å². The van der Waals surface area contributed by atoms with Crippen LogP contribution in [0.5, 0.6) is 23.0 Å². The highest BCUT2D eigenvalue weighted by Crippen LogP contribution is 2.28. The number of hydrogen-bond donors (Lipinski definition) is 0. The number of fused-ring (bicyclic) bond motifs is 2. The van der Waals surface area contributed by atoms with Crippen LogP contribution in [0.2, 0.25) is 0 Å². The largest absolute Gasteiger partial charge is 0.487 e. The number of halogens is 1. The Kier molecular flexibility index (Phi) is 8.27. The minimum absolute atomic E-state index is 0.0720. The van der Waals surface area contributed by atoms with Crippen LogP contribution in [0.15, 0.2) is 48.5 Å². The molecule has 2 aromatic carbocycles. The van der Waals surface area contributed by atoms with Crippen molar-refractivity contribution in [2.75, 3.05) is 45.5 Å². The van der Waals surface area contributed by atoms with Gasteiger partial charge in [-0.25, -0.2) is 0 Å². The van der Waals surface area contributed by atoms with Gasteiger partial charge >= 0.3 is 5.97 Å². The molecule has 3 rings (SSSR count). The Morgan fingerprint density at radius 2 is 1.24 bits per heavy atom. The highest BCUT2D eigenvalue weighted by atomic mass is 35.5. The highest BCUT2D eigenvalue weighted by molar-refractivity contribution is 6.26. The number of ether oxygens (including phenoxy) is 6. The van der Waals surface area contributed by atoms with Crippen molar-refractivity contribution in [1.82, 2.24) is 0 Å². The number of esters is 1. The van der Waals surface area contributed by atoms with E-state index in [1.54, 1.807) is 24.3 Å². The molecule has 8 heteroatoms. The van der Waals surface area contributed by atoms with Gasteiger partial charge in [-0.15, -0.1) is 11.6 Å². The highest BCUT2D eigenvalue weighted by Gasteiger charge is 2.18. The standard InChI is InChI=1S/C21H23ClO7/c22-13-21(23)29-16-14-27-19-7-3-1-5-17(19)25-11-9-24-10-12-26-18-6-2-4-8-20(18)28-15-16/h1-8,16H,9-15H2. The van der Waals surface area contributed by atoms with E-state index in [4.69, 9.17) is 40.0 Å². The summed E-state index contributed by atoms with van der Waals surface area (Å²) in [6, 6.07) is 14.5. The van der Waals surface area contributed by atoms with Crippen LogP contribution in [0.1, 0.15) is 0 Å². The van der Waals surface area contributed by atoms with Gasteiger partial charge in [0.1, 0.15) is 32.3 Å². The van der Waals surface area contributed by atoms with E-state index in [0.29, 0.717) is 49.4 Å². The van der Waals surface area contributed by atoms with Crippen molar-refractivity contribution in [3.8, 4) is 23.0 Å². The molecule has 0 unspecified atom stereocenters. The summed E-state index contributed by atoms with van der Waals surface area (Å²) in [7, 11) is 0. The molecule has 0 aliphatic carbocycles. The Hall–Kier alpha value is -2.64. The third-order valence-corrected chi connectivity index (χ3v) is 4.14. The first-order chi connectivity index (χ1) is 14.3. The summed E-state index contributed by atoms with van der Waals surface area (Å²) < 4.78 is 34.0. The molecule has 29 heavy (non-hydrogen) atoms. The summed E-state index contributed by atoms with van der Waals surface area (Å²) >= 11 is 5.58. The van der Waals surface area contributed by atoms with Gasteiger partial charge in [-0.3, -0.25) is 4.79 Å². The fraction of sp³-hybridized carbons (Fsp3) is 0.381. The molecule has 0 amide bonds. The van der Waals surface area contributed by atoms with Crippen molar-refractivity contribution in [3.63, 3.8) is 0 Å². The van der Waals surface area contributed by atoms with E-state index in [2.05, 4.69) is 0 Å². The lowest BCUT2D eigenvalue weighted by Crippen LogP contribution is -2.31. The van der Waals surface area contributed by atoms with Crippen LogP contribution in [0.3, 0.4) is 0 Å². The lowest BCUT2D eigenvalue weighted by atomic mass is 10.3. The minimum Gasteiger partial charge on any atom is -0.487 e. The molecule has 0 aromatic heterocycles. The van der Waals surface area contributed by atoms with Crippen LogP contribution >= 0.6 is 11.6 Å². The van der Waals surface area contributed by atoms with Crippen LogP contribution in [-0.4, -0.2) is 57.6 Å². The van der Waals surface area contributed by atoms with Crippen LogP contribution in [0.4, 0.5) is 0 Å². The third kappa shape index (κ3) is 6.73. The molecule has 0 atom stereocenters. The predicted molar refractivity (Wildman–Crippen MR) is 106 cm³/mol. The molecule has 1 aliphatic heterocycles. The number of benzene rings is 2. The van der Waals surface area contributed by atoms with E-state index in [0.717, 1.165) is 0 Å². The van der Waals surface area contributed by atoms with Crippen molar-refractivity contribution >= 4 is 17.6 Å². The van der Waals surface area contributed by atoms with Crippen molar-refractivity contribution in [1.29, 1.82) is 0 Å². The molecule has 0 N–H and O–H groups in total. The van der Waals surface area contributed by atoms with Gasteiger partial charge in [0.25, 0.3) is 0 Å². The molecule has 0 fully saturated rings. The summed E-state index contributed by atoms with van der Waals surface area (Å²) in [5.41, 5.74) is 0. The van der Waals surface area contributed by atoms with Gasteiger partial charge in [-0.1, -0.05) is 24.3 Å². The van der Waals surface area contributed by atoms with Gasteiger partial charge in [0.05, 0.1) is 13.2 Å². The maximum atomic E-state index is 11.7. The Balaban J connectivity index is 1.76. The minimum atomic E-state index is -0.668. The number of carbonyl (C=O) groups is 1. The van der Waals surface area contributed by atoms with Crippen molar-refractivity contribution in [2.45, 2.75) is 6.10 Å². The molecule has 156 valence electrons. The second-order valence-electron chi connectivity index (χ2n) is 6.07. The van der Waals surface area contributed by atoms with Crippen molar-refractivity contribution in [3.05, 3.63) is 48.5 Å². The van der Waals surface area contributed by atoms with E-state index in [1.165, 1.54) is 0 Å². The normalized spacial score (nSPS) is 16.0. The molecular formula is C21H23ClO7. The molecule has 0 radical (unpaired) electrons. The Bertz CT molecular complexity index is 728. The summed E-state index contributed by atoms with van der Waals surface area (Å²) in [5.74, 6) is 1.42. The predicted octanol–water partition coefficient (Wildman–Crippen LogP) is 3.08.